The number of rotatable bonds is 8. The molecule has 1 saturated carbocycles. The van der Waals surface area contributed by atoms with Crippen LogP contribution in [0.25, 0.3) is 11.3 Å². The maximum Gasteiger partial charge on any atom is 0.451 e. The van der Waals surface area contributed by atoms with E-state index in [4.69, 9.17) is 5.26 Å². The molecule has 1 atom stereocenters. The number of carboxylic acids is 1. The number of carbonyl (C=O) groups is 2. The average molecular weight is 578 g/mol. The van der Waals surface area contributed by atoms with Crippen LogP contribution >= 0.6 is 0 Å². The molecule has 2 N–H and O–H groups in total. The largest absolute Gasteiger partial charge is 0.481 e. The summed E-state index contributed by atoms with van der Waals surface area (Å²) in [5.74, 6) is -2.39. The van der Waals surface area contributed by atoms with Crippen molar-refractivity contribution in [1.29, 1.82) is 5.26 Å². The zero-order chi connectivity index (χ0) is 29.9. The summed E-state index contributed by atoms with van der Waals surface area (Å²) in [4.78, 5) is 33.3. The van der Waals surface area contributed by atoms with Crippen LogP contribution in [0.5, 0.6) is 0 Å². The van der Waals surface area contributed by atoms with Crippen LogP contribution < -0.4 is 10.2 Å². The van der Waals surface area contributed by atoms with Crippen molar-refractivity contribution in [2.75, 3.05) is 18.0 Å². The van der Waals surface area contributed by atoms with Crippen LogP contribution in [0.4, 0.5) is 19.0 Å². The van der Waals surface area contributed by atoms with E-state index in [1.165, 1.54) is 6.07 Å². The van der Waals surface area contributed by atoms with E-state index >= 15 is 0 Å². The molecule has 1 amide bonds. The number of alkyl halides is 3. The van der Waals surface area contributed by atoms with Crippen LogP contribution in [0, 0.1) is 17.2 Å². The predicted octanol–water partition coefficient (Wildman–Crippen LogP) is 5.33. The molecule has 1 saturated heterocycles. The van der Waals surface area contributed by atoms with Crippen molar-refractivity contribution >= 4 is 17.7 Å². The minimum Gasteiger partial charge on any atom is -0.481 e. The predicted molar refractivity (Wildman–Crippen MR) is 148 cm³/mol. The van der Waals surface area contributed by atoms with Crippen molar-refractivity contribution in [3.05, 3.63) is 77.1 Å². The van der Waals surface area contributed by atoms with Crippen molar-refractivity contribution < 1.29 is 27.9 Å². The molecule has 2 aliphatic rings. The van der Waals surface area contributed by atoms with Gasteiger partial charge in [-0.2, -0.15) is 18.4 Å². The Bertz CT molecular complexity index is 1480. The lowest BCUT2D eigenvalue weighted by Gasteiger charge is -2.40. The maximum atomic E-state index is 13.8. The quantitative estimate of drug-likeness (QED) is 0.371. The number of anilines is 1. The molecule has 0 radical (unpaired) electrons. The zero-order valence-electron chi connectivity index (χ0n) is 22.8. The van der Waals surface area contributed by atoms with Crippen LogP contribution in [-0.2, 0) is 22.2 Å². The fourth-order valence-corrected chi connectivity index (χ4v) is 5.58. The summed E-state index contributed by atoms with van der Waals surface area (Å²) in [6, 6.07) is 17.1. The molecular formula is C31H30F3N5O3. The van der Waals surface area contributed by atoms with Crippen molar-refractivity contribution in [2.24, 2.45) is 5.92 Å². The number of hydrogen-bond donors (Lipinski definition) is 2. The van der Waals surface area contributed by atoms with E-state index in [0.29, 0.717) is 49.9 Å². The van der Waals surface area contributed by atoms with E-state index in [-0.39, 0.29) is 29.3 Å². The zero-order valence-corrected chi connectivity index (χ0v) is 22.8. The Morgan fingerprint density at radius 1 is 1.00 bits per heavy atom. The monoisotopic (exact) mass is 577 g/mol. The fourth-order valence-electron chi connectivity index (χ4n) is 5.58. The van der Waals surface area contributed by atoms with Gasteiger partial charge in [0.25, 0.3) is 0 Å². The first-order valence-corrected chi connectivity index (χ1v) is 13.9. The molecule has 2 fully saturated rings. The molecule has 2 aromatic carbocycles. The van der Waals surface area contributed by atoms with Gasteiger partial charge in [-0.3, -0.25) is 9.59 Å². The molecule has 0 unspecified atom stereocenters. The molecule has 3 aromatic rings. The van der Waals surface area contributed by atoms with Gasteiger partial charge in [-0.15, -0.1) is 0 Å². The second-order valence-corrected chi connectivity index (χ2v) is 10.8. The number of nitriles is 1. The third kappa shape index (κ3) is 6.54. The highest BCUT2D eigenvalue weighted by Gasteiger charge is 2.39. The summed E-state index contributed by atoms with van der Waals surface area (Å²) in [5.41, 5.74) is 3.13. The topological polar surface area (TPSA) is 119 Å². The number of amides is 1. The highest BCUT2D eigenvalue weighted by Crippen LogP contribution is 2.37. The van der Waals surface area contributed by atoms with E-state index < -0.39 is 24.0 Å². The van der Waals surface area contributed by atoms with Gasteiger partial charge in [-0.1, -0.05) is 36.4 Å². The summed E-state index contributed by atoms with van der Waals surface area (Å²) < 4.78 is 41.4. The van der Waals surface area contributed by atoms with Crippen LogP contribution in [0.3, 0.4) is 0 Å². The molecule has 42 heavy (non-hydrogen) atoms. The molecule has 0 bridgehead atoms. The molecule has 11 heteroatoms. The number of halogens is 3. The van der Waals surface area contributed by atoms with Crippen LogP contribution in [0.1, 0.15) is 60.5 Å². The van der Waals surface area contributed by atoms with Crippen molar-refractivity contribution in [1.82, 2.24) is 15.3 Å². The smallest absolute Gasteiger partial charge is 0.451 e. The second kappa shape index (κ2) is 12.2. The van der Waals surface area contributed by atoms with Gasteiger partial charge in [0.2, 0.25) is 11.7 Å². The molecule has 0 spiro atoms. The summed E-state index contributed by atoms with van der Waals surface area (Å²) in [7, 11) is 0. The Hall–Kier alpha value is -4.46. The lowest BCUT2D eigenvalue weighted by atomic mass is 9.78. The first-order valence-electron chi connectivity index (χ1n) is 13.9. The number of carboxylic acid groups (broad SMARTS) is 1. The molecule has 2 heterocycles. The Kier molecular flexibility index (Phi) is 8.43. The normalized spacial score (nSPS) is 20.3. The molecular weight excluding hydrogens is 547 g/mol. The summed E-state index contributed by atoms with van der Waals surface area (Å²) in [6.45, 7) is 0.738. The van der Waals surface area contributed by atoms with E-state index in [1.54, 1.807) is 29.2 Å². The minimum atomic E-state index is -4.77. The second-order valence-electron chi connectivity index (χ2n) is 10.8. The van der Waals surface area contributed by atoms with Gasteiger partial charge < -0.3 is 15.3 Å². The first kappa shape index (κ1) is 29.0. The first-order chi connectivity index (χ1) is 20.1. The fraction of sp³-hybridized carbons (Fsp3) is 0.387. The van der Waals surface area contributed by atoms with Crippen LogP contribution in [0.15, 0.2) is 54.6 Å². The molecule has 5 rings (SSSR count). The lowest BCUT2D eigenvalue weighted by Crippen LogP contribution is -2.57. The van der Waals surface area contributed by atoms with Gasteiger partial charge in [0, 0.05) is 24.7 Å². The Labute approximate surface area is 241 Å². The van der Waals surface area contributed by atoms with Gasteiger partial charge in [-0.25, -0.2) is 9.97 Å². The number of benzene rings is 2. The lowest BCUT2D eigenvalue weighted by molar-refractivity contribution is -0.145. The van der Waals surface area contributed by atoms with Gasteiger partial charge in [0.05, 0.1) is 23.2 Å². The third-order valence-corrected chi connectivity index (χ3v) is 8.13. The number of aliphatic carboxylic acids is 1. The Balaban J connectivity index is 1.28. The standard InChI is InChI=1S/C31H30F3N5O3/c32-31(33,34)30-37-25(23-9-5-21(6-10-23)22-7-11-24(12-8-22)29(41)42)17-27(38-30)39-16-14-26(39)28(40)36-15-13-19-1-3-20(18-35)4-2-19/h1-6,9-10,17,22,24,26H,7-8,11-16H2,(H,36,40)(H,41,42)/t22?,24?,26-/m0/s1. The highest BCUT2D eigenvalue weighted by atomic mass is 19.4. The molecule has 1 aromatic heterocycles. The SMILES string of the molecule is N#Cc1ccc(CCNC(=O)[C@@H]2CCN2c2cc(-c3ccc(C4CCC(C(=O)O)CC4)cc3)nc(C(F)(F)F)n2)cc1. The summed E-state index contributed by atoms with van der Waals surface area (Å²) in [6.07, 6.45) is -1.02. The molecule has 1 aliphatic carbocycles. The van der Waals surface area contributed by atoms with E-state index in [0.717, 1.165) is 24.0 Å². The third-order valence-electron chi connectivity index (χ3n) is 8.13. The van der Waals surface area contributed by atoms with Crippen LogP contribution in [0.2, 0.25) is 0 Å². The van der Waals surface area contributed by atoms with E-state index in [2.05, 4.69) is 21.4 Å². The van der Waals surface area contributed by atoms with Gasteiger partial charge in [0.15, 0.2) is 0 Å². The highest BCUT2D eigenvalue weighted by molar-refractivity contribution is 5.87. The van der Waals surface area contributed by atoms with E-state index in [1.807, 2.05) is 24.3 Å². The summed E-state index contributed by atoms with van der Waals surface area (Å²) >= 11 is 0. The minimum absolute atomic E-state index is 0.0434. The van der Waals surface area contributed by atoms with Gasteiger partial charge in [-0.05, 0) is 67.7 Å². The Morgan fingerprint density at radius 2 is 1.69 bits per heavy atom. The number of nitrogens with zero attached hydrogens (tertiary/aromatic N) is 4. The van der Waals surface area contributed by atoms with Crippen LogP contribution in [-0.4, -0.2) is 46.1 Å². The average Bonchev–Trinajstić information content (AvgIpc) is 2.96. The number of aromatic nitrogens is 2. The number of hydrogen-bond acceptors (Lipinski definition) is 6. The molecule has 1 aliphatic heterocycles. The maximum absolute atomic E-state index is 13.8. The number of nitrogens with one attached hydrogen (secondary N) is 1. The number of carbonyl (C=O) groups excluding carboxylic acids is 1. The van der Waals surface area contributed by atoms with E-state index in [9.17, 15) is 27.9 Å². The van der Waals surface area contributed by atoms with Gasteiger partial charge >= 0.3 is 12.1 Å². The summed E-state index contributed by atoms with van der Waals surface area (Å²) in [5, 5.41) is 21.0. The Morgan fingerprint density at radius 3 is 2.26 bits per heavy atom. The van der Waals surface area contributed by atoms with Crippen molar-refractivity contribution in [3.8, 4) is 17.3 Å². The van der Waals surface area contributed by atoms with Crippen molar-refractivity contribution in [3.63, 3.8) is 0 Å². The molecule has 8 nitrogen and oxygen atoms in total. The molecule has 218 valence electrons. The van der Waals surface area contributed by atoms with Gasteiger partial charge in [0.1, 0.15) is 11.9 Å². The van der Waals surface area contributed by atoms with Crippen molar-refractivity contribution in [2.45, 2.75) is 56.7 Å².